The molecule has 0 radical (unpaired) electrons. The van der Waals surface area contributed by atoms with Crippen LogP contribution in [0, 0.1) is 6.92 Å². The van der Waals surface area contributed by atoms with E-state index in [1.54, 1.807) is 6.07 Å². The van der Waals surface area contributed by atoms with Gasteiger partial charge in [0.2, 0.25) is 0 Å². The van der Waals surface area contributed by atoms with E-state index in [-0.39, 0.29) is 36.4 Å². The summed E-state index contributed by atoms with van der Waals surface area (Å²) in [5.74, 6) is -0.0792. The number of benzene rings is 2. The molecule has 1 amide bonds. The highest BCUT2D eigenvalue weighted by Crippen LogP contribution is 2.41. The Balaban J connectivity index is 0.00000243. The summed E-state index contributed by atoms with van der Waals surface area (Å²) in [6.45, 7) is 3.01. The average molecular weight is 379 g/mol. The number of nitrogens with one attached hydrogen (secondary N) is 2. The van der Waals surface area contributed by atoms with Gasteiger partial charge in [0.1, 0.15) is 11.4 Å². The SMILES string of the molecule is Cc1ccc(CCNCC(O)c2ccc(O)c3c2OCC(=O)N3)cc1.Cl. The molecule has 3 rings (SSSR count). The second-order valence-electron chi connectivity index (χ2n) is 6.17. The molecular weight excluding hydrogens is 356 g/mol. The fourth-order valence-electron chi connectivity index (χ4n) is 2.78. The summed E-state index contributed by atoms with van der Waals surface area (Å²) in [5.41, 5.74) is 3.22. The van der Waals surface area contributed by atoms with Crippen LogP contribution in [0.3, 0.4) is 0 Å². The third-order valence-electron chi connectivity index (χ3n) is 4.19. The van der Waals surface area contributed by atoms with E-state index in [9.17, 15) is 15.0 Å². The fraction of sp³-hybridized carbons (Fsp3) is 0.316. The highest BCUT2D eigenvalue weighted by Gasteiger charge is 2.25. The lowest BCUT2D eigenvalue weighted by Gasteiger charge is -2.23. The number of amides is 1. The summed E-state index contributed by atoms with van der Waals surface area (Å²) in [6.07, 6.45) is 0.0649. The molecule has 0 aromatic heterocycles. The molecule has 1 atom stereocenters. The van der Waals surface area contributed by atoms with Crippen molar-refractivity contribution in [3.05, 3.63) is 53.1 Å². The van der Waals surface area contributed by atoms with Crippen molar-refractivity contribution in [1.29, 1.82) is 0 Å². The van der Waals surface area contributed by atoms with Gasteiger partial charge < -0.3 is 25.6 Å². The predicted molar refractivity (Wildman–Crippen MR) is 102 cm³/mol. The van der Waals surface area contributed by atoms with E-state index >= 15 is 0 Å². The molecular formula is C19H23ClN2O4. The number of aliphatic hydroxyl groups is 1. The minimum absolute atomic E-state index is 0. The van der Waals surface area contributed by atoms with Gasteiger partial charge >= 0.3 is 0 Å². The lowest BCUT2D eigenvalue weighted by Crippen LogP contribution is -2.28. The molecule has 1 unspecified atom stereocenters. The lowest BCUT2D eigenvalue weighted by atomic mass is 10.0. The average Bonchev–Trinajstić information content (AvgIpc) is 2.61. The Morgan fingerprint density at radius 3 is 2.69 bits per heavy atom. The first-order valence-electron chi connectivity index (χ1n) is 8.27. The van der Waals surface area contributed by atoms with Gasteiger partial charge in [-0.3, -0.25) is 4.79 Å². The summed E-state index contributed by atoms with van der Waals surface area (Å²) in [6, 6.07) is 11.4. The number of halogens is 1. The van der Waals surface area contributed by atoms with E-state index < -0.39 is 6.10 Å². The predicted octanol–water partition coefficient (Wildman–Crippen LogP) is 2.32. The minimum Gasteiger partial charge on any atom is -0.506 e. The molecule has 2 aromatic carbocycles. The van der Waals surface area contributed by atoms with Gasteiger partial charge in [-0.1, -0.05) is 29.8 Å². The Bertz CT molecular complexity index is 765. The van der Waals surface area contributed by atoms with E-state index in [1.165, 1.54) is 17.2 Å². The van der Waals surface area contributed by atoms with Crippen molar-refractivity contribution in [1.82, 2.24) is 5.32 Å². The van der Waals surface area contributed by atoms with E-state index in [0.29, 0.717) is 17.9 Å². The molecule has 6 nitrogen and oxygen atoms in total. The van der Waals surface area contributed by atoms with Crippen molar-refractivity contribution >= 4 is 24.0 Å². The van der Waals surface area contributed by atoms with Crippen molar-refractivity contribution in [3.8, 4) is 11.5 Å². The summed E-state index contributed by atoms with van der Waals surface area (Å²) in [5, 5.41) is 26.1. The molecule has 0 spiro atoms. The largest absolute Gasteiger partial charge is 0.506 e. The Morgan fingerprint density at radius 2 is 1.96 bits per heavy atom. The van der Waals surface area contributed by atoms with E-state index in [1.807, 2.05) is 0 Å². The van der Waals surface area contributed by atoms with Crippen LogP contribution in [0.4, 0.5) is 5.69 Å². The number of anilines is 1. The molecule has 0 fully saturated rings. The van der Waals surface area contributed by atoms with Crippen molar-refractivity contribution < 1.29 is 19.7 Å². The monoisotopic (exact) mass is 378 g/mol. The quantitative estimate of drug-likeness (QED) is 0.457. The van der Waals surface area contributed by atoms with Crippen LogP contribution in [0.25, 0.3) is 0 Å². The van der Waals surface area contributed by atoms with E-state index in [2.05, 4.69) is 41.8 Å². The topological polar surface area (TPSA) is 90.8 Å². The first-order chi connectivity index (χ1) is 12.0. The maximum absolute atomic E-state index is 11.4. The van der Waals surface area contributed by atoms with Crippen LogP contribution < -0.4 is 15.4 Å². The van der Waals surface area contributed by atoms with Crippen molar-refractivity contribution in [3.63, 3.8) is 0 Å². The van der Waals surface area contributed by atoms with E-state index in [4.69, 9.17) is 4.74 Å². The maximum atomic E-state index is 11.4. The van der Waals surface area contributed by atoms with Gasteiger partial charge in [0.25, 0.3) is 5.91 Å². The van der Waals surface area contributed by atoms with Crippen LogP contribution in [-0.2, 0) is 11.2 Å². The third-order valence-corrected chi connectivity index (χ3v) is 4.19. The van der Waals surface area contributed by atoms with Gasteiger partial charge in [-0.05, 0) is 37.6 Å². The molecule has 26 heavy (non-hydrogen) atoms. The van der Waals surface area contributed by atoms with Crippen molar-refractivity contribution in [2.75, 3.05) is 25.0 Å². The molecule has 0 bridgehead atoms. The second kappa shape index (κ2) is 8.89. The Labute approximate surface area is 158 Å². The molecule has 1 aliphatic rings. The van der Waals surface area contributed by atoms with E-state index in [0.717, 1.165) is 13.0 Å². The zero-order valence-electron chi connectivity index (χ0n) is 14.5. The molecule has 7 heteroatoms. The number of ether oxygens (including phenoxy) is 1. The normalized spacial score (nSPS) is 13.8. The number of aromatic hydroxyl groups is 1. The van der Waals surface area contributed by atoms with Crippen LogP contribution >= 0.6 is 12.4 Å². The van der Waals surface area contributed by atoms with Crippen molar-refractivity contribution in [2.45, 2.75) is 19.4 Å². The number of phenols is 1. The Hall–Kier alpha value is -2.28. The molecule has 4 N–H and O–H groups in total. The molecule has 0 saturated carbocycles. The first-order valence-corrected chi connectivity index (χ1v) is 8.27. The summed E-state index contributed by atoms with van der Waals surface area (Å²) >= 11 is 0. The molecule has 0 aliphatic carbocycles. The summed E-state index contributed by atoms with van der Waals surface area (Å²) in [4.78, 5) is 11.4. The number of carbonyl (C=O) groups excluding carboxylic acids is 1. The number of hydrogen-bond donors (Lipinski definition) is 4. The lowest BCUT2D eigenvalue weighted by molar-refractivity contribution is -0.118. The molecule has 140 valence electrons. The number of fused-ring (bicyclic) bond motifs is 1. The zero-order chi connectivity index (χ0) is 17.8. The third kappa shape index (κ3) is 4.66. The number of phenolic OH excluding ortho intramolecular Hbond substituents is 1. The first kappa shape index (κ1) is 20.0. The van der Waals surface area contributed by atoms with Gasteiger partial charge in [0.05, 0.1) is 6.10 Å². The highest BCUT2D eigenvalue weighted by atomic mass is 35.5. The highest BCUT2D eigenvalue weighted by molar-refractivity contribution is 5.97. The van der Waals surface area contributed by atoms with Crippen molar-refractivity contribution in [2.24, 2.45) is 0 Å². The Morgan fingerprint density at radius 1 is 1.23 bits per heavy atom. The van der Waals surface area contributed by atoms with Gasteiger partial charge in [-0.2, -0.15) is 0 Å². The van der Waals surface area contributed by atoms with Crippen LogP contribution in [0.5, 0.6) is 11.5 Å². The molecule has 1 aliphatic heterocycles. The zero-order valence-corrected chi connectivity index (χ0v) is 15.3. The van der Waals surface area contributed by atoms with Crippen LogP contribution in [-0.4, -0.2) is 35.8 Å². The molecule has 1 heterocycles. The van der Waals surface area contributed by atoms with Gasteiger partial charge in [0.15, 0.2) is 12.4 Å². The second-order valence-corrected chi connectivity index (χ2v) is 6.17. The van der Waals surface area contributed by atoms with Crippen LogP contribution in [0.1, 0.15) is 22.8 Å². The van der Waals surface area contributed by atoms with Crippen LogP contribution in [0.15, 0.2) is 36.4 Å². The molecule has 0 saturated heterocycles. The summed E-state index contributed by atoms with van der Waals surface area (Å²) in [7, 11) is 0. The van der Waals surface area contributed by atoms with Gasteiger partial charge in [-0.25, -0.2) is 0 Å². The minimum atomic E-state index is -0.803. The molecule has 2 aromatic rings. The summed E-state index contributed by atoms with van der Waals surface area (Å²) < 4.78 is 5.40. The smallest absolute Gasteiger partial charge is 0.262 e. The standard InChI is InChI=1S/C19H22N2O4.ClH/c1-12-2-4-13(5-3-12)8-9-20-10-16(23)14-6-7-15(22)18-19(14)25-11-17(24)21-18;/h2-7,16,20,22-23H,8-11H2,1H3,(H,21,24);1H. The number of carbonyl (C=O) groups is 1. The number of rotatable bonds is 6. The number of aryl methyl sites for hydroxylation is 1. The maximum Gasteiger partial charge on any atom is 0.262 e. The van der Waals surface area contributed by atoms with Gasteiger partial charge in [-0.15, -0.1) is 12.4 Å². The number of aliphatic hydroxyl groups excluding tert-OH is 1. The van der Waals surface area contributed by atoms with Gasteiger partial charge in [0, 0.05) is 12.1 Å². The van der Waals surface area contributed by atoms with Crippen LogP contribution in [0.2, 0.25) is 0 Å². The Kier molecular flexibility index (Phi) is 6.85. The fourth-order valence-corrected chi connectivity index (χ4v) is 2.78. The number of hydrogen-bond acceptors (Lipinski definition) is 5.